The molecule has 0 aromatic heterocycles. The van der Waals surface area contributed by atoms with Gasteiger partial charge in [0.2, 0.25) is 0 Å². The zero-order valence-corrected chi connectivity index (χ0v) is 85.9. The average molecular weight is 1860 g/mol. The van der Waals surface area contributed by atoms with Crippen molar-refractivity contribution in [3.63, 3.8) is 0 Å². The molecule has 0 fully saturated rings. The summed E-state index contributed by atoms with van der Waals surface area (Å²) in [4.78, 5) is 201. The van der Waals surface area contributed by atoms with Crippen LogP contribution in [0.1, 0.15) is 306 Å². The summed E-state index contributed by atoms with van der Waals surface area (Å²) in [6, 6.07) is 0. The number of aliphatic carboxylic acids is 5. The van der Waals surface area contributed by atoms with Crippen molar-refractivity contribution in [3.8, 4) is 0 Å². The summed E-state index contributed by atoms with van der Waals surface area (Å²) in [5.41, 5.74) is -2.50. The first-order valence-electron chi connectivity index (χ1n) is 39.6. The number of carbonyl (C=O) groups excluding carboxylic acids is 13. The van der Waals surface area contributed by atoms with Crippen molar-refractivity contribution < 1.29 is 112 Å². The second-order valence-corrected chi connectivity index (χ2v) is 44.3. The molecule has 9 atom stereocenters. The van der Waals surface area contributed by atoms with Gasteiger partial charge >= 0.3 is 29.8 Å². The van der Waals surface area contributed by atoms with Gasteiger partial charge in [0.05, 0.1) is 29.6 Å². The molecule has 0 aromatic carbocycles. The lowest BCUT2D eigenvalue weighted by atomic mass is 9.80. The predicted octanol–water partition coefficient (Wildman–Crippen LogP) is 17.8. The first-order valence-corrected chi connectivity index (χ1v) is 44.6. The van der Waals surface area contributed by atoms with E-state index in [-0.39, 0.29) is 171 Å². The van der Waals surface area contributed by atoms with Gasteiger partial charge in [0.15, 0.2) is 0 Å². The van der Waals surface area contributed by atoms with Crippen LogP contribution in [0.3, 0.4) is 0 Å². The lowest BCUT2D eigenvalue weighted by Crippen LogP contribution is -2.36. The van der Waals surface area contributed by atoms with E-state index in [1.807, 2.05) is 96.9 Å². The first-order chi connectivity index (χ1) is 52.7. The highest BCUT2D eigenvalue weighted by Crippen LogP contribution is 2.34. The van der Waals surface area contributed by atoms with Gasteiger partial charge in [-0.3, -0.25) is 86.3 Å². The molecule has 119 heavy (non-hydrogen) atoms. The van der Waals surface area contributed by atoms with Crippen molar-refractivity contribution in [2.45, 2.75) is 325 Å². The van der Waals surface area contributed by atoms with Gasteiger partial charge in [-0.15, -0.1) is 0 Å². The van der Waals surface area contributed by atoms with Crippen molar-refractivity contribution in [1.29, 1.82) is 0 Å². The highest BCUT2D eigenvalue weighted by Gasteiger charge is 2.39. The summed E-state index contributed by atoms with van der Waals surface area (Å²) < 4.78 is -2.19. The molecule has 0 radical (unpaired) electrons. The topological polar surface area (TPSA) is 408 Å². The average Bonchev–Trinajstić information content (AvgIpc) is 0.874. The Morgan fingerprint density at radius 3 is 0.521 bits per heavy atom. The Bertz CT molecular complexity index is 2950. The van der Waals surface area contributed by atoms with Crippen LogP contribution in [0.25, 0.3) is 0 Å². The molecule has 23 nitrogen and oxygen atoms in total. The number of Topliss-reactive ketones (excluding diaryl/α,β-unsaturated/α-hetero) is 13. The SMILES string of the molecule is CC(=O)C(CC(=O)C(C)(C)C)C(C)(C)S.CC(=O)C(CS)CC(=O)C(C)(C)C.CC(=O)C(CS)CC(=O)C(C)(C)C.CC(C)(C)C(=O)CC(C(=O)O)C(C)(C)S.CC(C)(C)C(=O)CC(CS)C(=O)O.CC(C)(C)C(=O)CC(CS)C(=O)O.CCC(=O)CC(C(=O)O)C(C)(C)S.CCC(=O)CC(C(C)=O)C(C)(C)S.CCC(=O)CC(CS)C(=O)O. The molecule has 9 unspecified atom stereocenters. The number of hydrogen-bond acceptors (Lipinski definition) is 27. The van der Waals surface area contributed by atoms with E-state index in [9.17, 15) is 86.3 Å². The Morgan fingerprint density at radius 2 is 0.370 bits per heavy atom. The van der Waals surface area contributed by atoms with E-state index in [1.165, 1.54) is 27.7 Å². The highest BCUT2D eigenvalue weighted by atomic mass is 32.1. The Labute approximate surface area is 763 Å². The maximum Gasteiger partial charge on any atom is 0.308 e. The van der Waals surface area contributed by atoms with Gasteiger partial charge in [0.1, 0.15) is 75.2 Å². The number of hydrogen-bond donors (Lipinski definition) is 14. The Hall–Kier alpha value is -3.79. The quantitative estimate of drug-likeness (QED) is 0.0254. The molecule has 0 aromatic rings. The van der Waals surface area contributed by atoms with E-state index in [2.05, 4.69) is 114 Å². The van der Waals surface area contributed by atoms with Crippen LogP contribution in [0.15, 0.2) is 0 Å². The van der Waals surface area contributed by atoms with Crippen molar-refractivity contribution in [2.75, 3.05) is 28.8 Å². The van der Waals surface area contributed by atoms with Gasteiger partial charge in [0, 0.05) is 181 Å². The van der Waals surface area contributed by atoms with Crippen LogP contribution in [0.4, 0.5) is 0 Å². The maximum atomic E-state index is 11.8. The standard InChI is InChI=1S/C12H22O2S.C11H20O3S.3C10H18O2S.3C9H16O3S.C7H12O3S/c1-8(13)9(12(5,6)15)7-10(14)11(2,3)4;1-10(2,3)8(12)6-7(9(13)14)11(4,5)15;2*1-7(11)8(6-13)5-9(12)10(2,3)4;1-5-8(12)6-9(7(2)11)10(3,4)13;2*1-9(2,3)7(10)4-6(5-13)8(11)12;1-4-6(10)5-7(8(11)12)9(2,3)13;1-2-6(8)3-5(4-11)7(9)10/h9,15H,7H2,1-6H3;7,15H,6H2,1-5H3,(H,13,14);2*8,13H,5-6H2,1-4H3;9,13H,5-6H2,1-4H3;2*6,13H,4-5H2,1-3H3,(H,11,12);7,13H,4-5H2,1-3H3,(H,11,12);5,11H,2-4H2,1H3,(H,9,10). The number of rotatable bonds is 39. The molecular weight excluding hydrogens is 1700 g/mol. The third-order valence-corrected chi connectivity index (χ3v) is 21.8. The van der Waals surface area contributed by atoms with E-state index < -0.39 is 94.7 Å². The number of ketones is 13. The van der Waals surface area contributed by atoms with Crippen molar-refractivity contribution in [1.82, 2.24) is 0 Å². The third kappa shape index (κ3) is 69.1. The molecule has 696 valence electrons. The fraction of sp³-hybridized carbons (Fsp3) is 0.793. The molecule has 0 aliphatic rings. The van der Waals surface area contributed by atoms with Gasteiger partial charge in [-0.1, -0.05) is 201 Å². The van der Waals surface area contributed by atoms with Gasteiger partial charge in [0.25, 0.3) is 0 Å². The summed E-state index contributed by atoms with van der Waals surface area (Å²) in [7, 11) is 0. The van der Waals surface area contributed by atoms with Gasteiger partial charge < -0.3 is 25.5 Å². The van der Waals surface area contributed by atoms with E-state index >= 15 is 0 Å². The molecule has 0 aliphatic carbocycles. The molecule has 0 amide bonds. The maximum absolute atomic E-state index is 11.8. The van der Waals surface area contributed by atoms with Crippen LogP contribution in [0.5, 0.6) is 0 Å². The predicted molar refractivity (Wildman–Crippen MR) is 508 cm³/mol. The molecule has 0 aliphatic heterocycles. The largest absolute Gasteiger partial charge is 0.481 e. The monoisotopic (exact) mass is 1860 g/mol. The van der Waals surface area contributed by atoms with Crippen LogP contribution >= 0.6 is 114 Å². The summed E-state index contributed by atoms with van der Waals surface area (Å²) in [5.74, 6) is -7.08. The number of thiol groups is 9. The molecular formula is C87H156O23S9. The van der Waals surface area contributed by atoms with Crippen LogP contribution in [-0.2, 0) is 86.3 Å². The summed E-state index contributed by atoms with van der Waals surface area (Å²) in [6.45, 7) is 58.5. The van der Waals surface area contributed by atoms with Gasteiger partial charge in [-0.2, -0.15) is 114 Å². The number of carbonyl (C=O) groups is 18. The lowest BCUT2D eigenvalue weighted by Gasteiger charge is -2.29. The Kier molecular flexibility index (Phi) is 68.9. The molecule has 0 rings (SSSR count). The van der Waals surface area contributed by atoms with Crippen LogP contribution in [0.2, 0.25) is 0 Å². The smallest absolute Gasteiger partial charge is 0.308 e. The normalized spacial score (nSPS) is 14.0. The highest BCUT2D eigenvalue weighted by molar-refractivity contribution is 7.82. The van der Waals surface area contributed by atoms with E-state index in [0.717, 1.165) is 0 Å². The van der Waals surface area contributed by atoms with Crippen molar-refractivity contribution in [2.24, 2.45) is 85.8 Å². The lowest BCUT2D eigenvalue weighted by molar-refractivity contribution is -0.146. The van der Waals surface area contributed by atoms with Gasteiger partial charge in [-0.25, -0.2) is 0 Å². The zero-order chi connectivity index (χ0) is 97.6. The minimum atomic E-state index is -0.965. The van der Waals surface area contributed by atoms with E-state index in [4.69, 9.17) is 25.5 Å². The minimum Gasteiger partial charge on any atom is -0.481 e. The fourth-order valence-electron chi connectivity index (χ4n) is 8.69. The van der Waals surface area contributed by atoms with Gasteiger partial charge in [-0.05, 0) is 27.7 Å². The number of carboxylic acids is 5. The Balaban J connectivity index is -0.000000164. The second-order valence-electron chi connectivity index (χ2n) is 37.9. The molecule has 5 N–H and O–H groups in total. The van der Waals surface area contributed by atoms with Crippen molar-refractivity contribution >= 4 is 219 Å². The third-order valence-electron chi connectivity index (χ3n) is 18.3. The molecule has 0 heterocycles. The summed E-state index contributed by atoms with van der Waals surface area (Å²) >= 11 is 36.8. The molecule has 0 saturated heterocycles. The minimum absolute atomic E-state index is 0.0218. The molecule has 32 heteroatoms. The zero-order valence-electron chi connectivity index (χ0n) is 77.8. The van der Waals surface area contributed by atoms with Crippen LogP contribution in [-0.4, -0.2) is 178 Å². The van der Waals surface area contributed by atoms with Crippen molar-refractivity contribution in [3.05, 3.63) is 0 Å². The molecule has 0 spiro atoms. The summed E-state index contributed by atoms with van der Waals surface area (Å²) in [5, 5.41) is 43.8. The summed E-state index contributed by atoms with van der Waals surface area (Å²) in [6.07, 6.45) is 2.89. The van der Waals surface area contributed by atoms with Crippen LogP contribution < -0.4 is 0 Å². The number of carboxylic acid groups (broad SMARTS) is 5. The van der Waals surface area contributed by atoms with E-state index in [0.29, 0.717) is 50.0 Å². The molecule has 0 saturated carbocycles. The fourth-order valence-corrected chi connectivity index (χ4v) is 11.3. The Morgan fingerprint density at radius 1 is 0.218 bits per heavy atom. The first kappa shape index (κ1) is 133. The molecule has 0 bridgehead atoms. The van der Waals surface area contributed by atoms with E-state index in [1.54, 1.807) is 104 Å². The van der Waals surface area contributed by atoms with Crippen LogP contribution in [0, 0.1) is 85.8 Å². The second kappa shape index (κ2) is 61.6.